The maximum atomic E-state index is 17.1. The van der Waals surface area contributed by atoms with Gasteiger partial charge in [0.1, 0.15) is 41.2 Å². The summed E-state index contributed by atoms with van der Waals surface area (Å²) in [6, 6.07) is 6.86. The number of aromatic nitrogens is 3. The number of hydrogen-bond donors (Lipinski definition) is 1. The van der Waals surface area contributed by atoms with Crippen molar-refractivity contribution in [3.63, 3.8) is 0 Å². The van der Waals surface area contributed by atoms with Crippen LogP contribution in [0.5, 0.6) is 11.8 Å². The summed E-state index contributed by atoms with van der Waals surface area (Å²) < 4.78 is 52.2. The minimum Gasteiger partial charge on any atom is -0.508 e. The molecule has 2 atom stereocenters. The predicted octanol–water partition coefficient (Wildman–Crippen LogP) is 6.52. The number of terminal acetylenes is 1. The number of halogens is 3. The highest BCUT2D eigenvalue weighted by Crippen LogP contribution is 2.47. The van der Waals surface area contributed by atoms with E-state index in [0.717, 1.165) is 19.4 Å². The zero-order valence-electron chi connectivity index (χ0n) is 29.9. The number of ether oxygens (including phenoxy) is 1. The molecular formula is C40H42F3N7O3. The Bertz CT molecular complexity index is 2120. The average molecular weight is 726 g/mol. The molecule has 276 valence electrons. The van der Waals surface area contributed by atoms with E-state index >= 15 is 4.39 Å². The summed E-state index contributed by atoms with van der Waals surface area (Å²) in [6.45, 7) is 7.13. The molecule has 2 unspecified atom stereocenters. The summed E-state index contributed by atoms with van der Waals surface area (Å²) in [4.78, 5) is 33.1. The van der Waals surface area contributed by atoms with Crippen LogP contribution >= 0.6 is 0 Å². The monoisotopic (exact) mass is 725 g/mol. The smallest absolute Gasteiger partial charge is 0.319 e. The first kappa shape index (κ1) is 36.2. The van der Waals surface area contributed by atoms with Gasteiger partial charge >= 0.3 is 6.01 Å². The molecule has 1 N–H and O–H groups in total. The number of rotatable bonds is 10. The van der Waals surface area contributed by atoms with Crippen molar-refractivity contribution >= 4 is 33.4 Å². The number of benzene rings is 2. The van der Waals surface area contributed by atoms with Gasteiger partial charge in [-0.05, 0) is 62.1 Å². The molecule has 0 radical (unpaired) electrons. The third-order valence-corrected chi connectivity index (χ3v) is 11.0. The fourth-order valence-electron chi connectivity index (χ4n) is 7.99. The molecule has 4 heterocycles. The molecule has 0 spiro atoms. The Morgan fingerprint density at radius 2 is 1.83 bits per heavy atom. The van der Waals surface area contributed by atoms with Crippen LogP contribution in [0, 0.1) is 40.7 Å². The van der Waals surface area contributed by atoms with Gasteiger partial charge in [-0.1, -0.05) is 25.8 Å². The van der Waals surface area contributed by atoms with Crippen molar-refractivity contribution in [3.8, 4) is 41.4 Å². The minimum atomic E-state index is -0.827. The third kappa shape index (κ3) is 7.03. The van der Waals surface area contributed by atoms with Crippen LogP contribution in [0.25, 0.3) is 32.9 Å². The normalized spacial score (nSPS) is 20.4. The molecule has 1 saturated carbocycles. The predicted molar refractivity (Wildman–Crippen MR) is 195 cm³/mol. The zero-order valence-corrected chi connectivity index (χ0v) is 29.9. The quantitative estimate of drug-likeness (QED) is 0.182. The summed E-state index contributed by atoms with van der Waals surface area (Å²) in [5.41, 5.74) is -0.394. The van der Waals surface area contributed by atoms with Crippen molar-refractivity contribution in [3.05, 3.63) is 47.7 Å². The molecule has 2 aromatic carbocycles. The van der Waals surface area contributed by atoms with Gasteiger partial charge in [-0.3, -0.25) is 9.78 Å². The molecule has 2 aromatic heterocycles. The Morgan fingerprint density at radius 1 is 1.11 bits per heavy atom. The summed E-state index contributed by atoms with van der Waals surface area (Å²) in [5.74, 6) is 0.850. The lowest BCUT2D eigenvalue weighted by molar-refractivity contribution is -0.136. The van der Waals surface area contributed by atoms with Gasteiger partial charge in [0.05, 0.1) is 23.6 Å². The maximum absolute atomic E-state index is 17.1. The number of carbonyl (C=O) groups excluding carboxylic acids is 1. The second-order valence-corrected chi connectivity index (χ2v) is 14.6. The Kier molecular flexibility index (Phi) is 10.1. The number of phenolic OH excluding ortho intramolecular Hbond substituents is 1. The first-order valence-corrected chi connectivity index (χ1v) is 18.3. The largest absolute Gasteiger partial charge is 0.508 e. The molecule has 53 heavy (non-hydrogen) atoms. The van der Waals surface area contributed by atoms with Crippen LogP contribution in [0.15, 0.2) is 30.5 Å². The van der Waals surface area contributed by atoms with Crippen LogP contribution in [0.2, 0.25) is 0 Å². The number of aromatic hydroxyl groups is 1. The number of piperazine rings is 1. The number of pyridine rings is 1. The SMILES string of the molecule is C#Cc1c(F)ccc2cc(O)cc(-c3ncc4c(N5CC(CC)N(C(=O)CC#N)C(CC)C5)nc(OCC5(CN6CCC(F)CC6)CC5)nc4c3F)c12. The Hall–Kier alpha value is -5.14. The average Bonchev–Trinajstić information content (AvgIpc) is 3.93. The molecule has 7 rings (SSSR count). The van der Waals surface area contributed by atoms with Crippen LogP contribution in [-0.2, 0) is 4.79 Å². The summed E-state index contributed by atoms with van der Waals surface area (Å²) in [5, 5.41) is 20.9. The van der Waals surface area contributed by atoms with Crippen LogP contribution < -0.4 is 9.64 Å². The van der Waals surface area contributed by atoms with Crippen LogP contribution in [0.1, 0.15) is 64.4 Å². The van der Waals surface area contributed by atoms with E-state index in [1.807, 2.05) is 24.8 Å². The molecule has 1 aliphatic carbocycles. The topological polar surface area (TPSA) is 119 Å². The molecule has 0 bridgehead atoms. The molecule has 1 amide bonds. The van der Waals surface area contributed by atoms with Gasteiger partial charge in [0, 0.05) is 67.4 Å². The molecule has 4 aromatic rings. The van der Waals surface area contributed by atoms with E-state index in [2.05, 4.69) is 20.8 Å². The zero-order chi connectivity index (χ0) is 37.4. The number of phenols is 1. The molecular weight excluding hydrogens is 683 g/mol. The van der Waals surface area contributed by atoms with E-state index in [9.17, 15) is 23.9 Å². The molecule has 3 fully saturated rings. The Morgan fingerprint density at radius 3 is 2.47 bits per heavy atom. The maximum Gasteiger partial charge on any atom is 0.319 e. The molecule has 10 nitrogen and oxygen atoms in total. The Labute approximate surface area is 306 Å². The van der Waals surface area contributed by atoms with E-state index in [0.29, 0.717) is 75.1 Å². The number of alkyl halides is 1. The number of piperidine rings is 1. The van der Waals surface area contributed by atoms with E-state index < -0.39 is 17.8 Å². The number of carbonyl (C=O) groups is 1. The fraction of sp³-hybridized carbons (Fsp3) is 0.475. The molecule has 13 heteroatoms. The Balaban J connectivity index is 1.32. The van der Waals surface area contributed by atoms with Crippen molar-refractivity contribution in [1.82, 2.24) is 24.8 Å². The number of nitriles is 1. The van der Waals surface area contributed by atoms with Crippen LogP contribution in [0.3, 0.4) is 0 Å². The number of hydrogen-bond acceptors (Lipinski definition) is 9. The van der Waals surface area contributed by atoms with Gasteiger partial charge in [-0.15, -0.1) is 6.42 Å². The van der Waals surface area contributed by atoms with Crippen molar-refractivity contribution < 1.29 is 27.8 Å². The van der Waals surface area contributed by atoms with Crippen LogP contribution in [-0.4, -0.2) is 93.4 Å². The summed E-state index contributed by atoms with van der Waals surface area (Å²) in [6.07, 6.45) is 10.3. The van der Waals surface area contributed by atoms with Gasteiger partial charge in [0.15, 0.2) is 5.82 Å². The van der Waals surface area contributed by atoms with Crippen molar-refractivity contribution in [2.24, 2.45) is 5.41 Å². The van der Waals surface area contributed by atoms with Gasteiger partial charge in [-0.25, -0.2) is 13.2 Å². The third-order valence-electron chi connectivity index (χ3n) is 11.0. The van der Waals surface area contributed by atoms with E-state index in [-0.39, 0.29) is 69.3 Å². The number of nitrogens with zero attached hydrogens (tertiary/aromatic N) is 7. The van der Waals surface area contributed by atoms with E-state index in [4.69, 9.17) is 16.1 Å². The van der Waals surface area contributed by atoms with Gasteiger partial charge in [-0.2, -0.15) is 15.2 Å². The second-order valence-electron chi connectivity index (χ2n) is 14.6. The van der Waals surface area contributed by atoms with Crippen molar-refractivity contribution in [2.75, 3.05) is 44.2 Å². The molecule has 3 aliphatic rings. The first-order valence-electron chi connectivity index (χ1n) is 18.3. The lowest BCUT2D eigenvalue weighted by Crippen LogP contribution is -2.60. The molecule has 2 saturated heterocycles. The lowest BCUT2D eigenvalue weighted by atomic mass is 9.95. The van der Waals surface area contributed by atoms with Crippen LogP contribution in [0.4, 0.5) is 19.0 Å². The summed E-state index contributed by atoms with van der Waals surface area (Å²) in [7, 11) is 0. The van der Waals surface area contributed by atoms with Gasteiger partial charge in [0.25, 0.3) is 0 Å². The van der Waals surface area contributed by atoms with E-state index in [1.54, 1.807) is 4.90 Å². The van der Waals surface area contributed by atoms with E-state index in [1.165, 1.54) is 30.5 Å². The highest BCUT2D eigenvalue weighted by Gasteiger charge is 2.45. The standard InChI is InChI=1S/C40H42F3N7O3/c1-4-26-20-49(21-27(5-2)50(26)33(52)9-14-44)38-31-19-45-36(30-18-28(51)17-24-7-8-32(42)29(6-3)34(24)30)35(43)37(31)46-39(47-38)53-23-40(12-13-40)22-48-15-10-25(41)11-16-48/h3,7-8,17-19,25-27,51H,4-5,9-13,15-16,20-23H2,1-2H3. The first-order chi connectivity index (χ1) is 25.6. The highest BCUT2D eigenvalue weighted by molar-refractivity contribution is 6.03. The fourth-order valence-corrected chi connectivity index (χ4v) is 7.99. The minimum absolute atomic E-state index is 0.0301. The second kappa shape index (κ2) is 14.7. The number of anilines is 1. The summed E-state index contributed by atoms with van der Waals surface area (Å²) >= 11 is 0. The van der Waals surface area contributed by atoms with Gasteiger partial charge < -0.3 is 24.5 Å². The molecule has 2 aliphatic heterocycles. The van der Waals surface area contributed by atoms with Crippen molar-refractivity contribution in [2.45, 2.75) is 77.0 Å². The van der Waals surface area contributed by atoms with Crippen molar-refractivity contribution in [1.29, 1.82) is 5.26 Å². The number of likely N-dealkylation sites (tertiary alicyclic amines) is 1. The number of amides is 1. The highest BCUT2D eigenvalue weighted by atomic mass is 19.1. The number of fused-ring (bicyclic) bond motifs is 2. The van der Waals surface area contributed by atoms with Gasteiger partial charge in [0.2, 0.25) is 5.91 Å². The lowest BCUT2D eigenvalue weighted by Gasteiger charge is -2.47.